The molecule has 0 aliphatic rings. The molecule has 1 aromatic rings. The summed E-state index contributed by atoms with van der Waals surface area (Å²) < 4.78 is 37.1. The highest BCUT2D eigenvalue weighted by Gasteiger charge is 2.22. The average Bonchev–Trinajstić information content (AvgIpc) is 2.79. The highest BCUT2D eigenvalue weighted by atomic mass is 16.6. The van der Waals surface area contributed by atoms with Crippen LogP contribution in [-0.4, -0.2) is 102 Å². The summed E-state index contributed by atoms with van der Waals surface area (Å²) in [6.45, 7) is 6.61. The molecule has 1 aromatic carbocycles. The number of esters is 1. The summed E-state index contributed by atoms with van der Waals surface area (Å²) in [7, 11) is 4.39. The lowest BCUT2D eigenvalue weighted by Crippen LogP contribution is -2.40. The summed E-state index contributed by atoms with van der Waals surface area (Å²) in [4.78, 5) is 26.2. The van der Waals surface area contributed by atoms with Crippen molar-refractivity contribution in [2.75, 3.05) is 74.1 Å². The van der Waals surface area contributed by atoms with E-state index in [0.717, 1.165) is 0 Å². The number of hydrogen-bond acceptors (Lipinski definition) is 10. The van der Waals surface area contributed by atoms with Crippen molar-refractivity contribution < 1.29 is 47.9 Å². The van der Waals surface area contributed by atoms with E-state index >= 15 is 0 Å². The largest absolute Gasteiger partial charge is 0.493 e. The Kier molecular flexibility index (Phi) is 13.1. The number of ether oxygens (including phenoxy) is 7. The van der Waals surface area contributed by atoms with Crippen LogP contribution in [0.15, 0.2) is 12.1 Å². The Labute approximate surface area is 200 Å². The van der Waals surface area contributed by atoms with Gasteiger partial charge in [0, 0.05) is 13.1 Å². The summed E-state index contributed by atoms with van der Waals surface area (Å²) in [5.74, 6) is 0.492. The zero-order valence-electron chi connectivity index (χ0n) is 20.9. The Morgan fingerprint density at radius 2 is 1.41 bits per heavy atom. The van der Waals surface area contributed by atoms with E-state index in [-0.39, 0.29) is 58.3 Å². The quantitative estimate of drug-likeness (QED) is 0.291. The van der Waals surface area contributed by atoms with Gasteiger partial charge in [-0.1, -0.05) is 0 Å². The van der Waals surface area contributed by atoms with Crippen LogP contribution in [0.4, 0.5) is 4.79 Å². The topological polar surface area (TPSA) is 122 Å². The minimum absolute atomic E-state index is 0.0154. The lowest BCUT2D eigenvalue weighted by atomic mass is 10.2. The first kappa shape index (κ1) is 29.3. The maximum absolute atomic E-state index is 12.4. The summed E-state index contributed by atoms with van der Waals surface area (Å²) in [6, 6.07) is 3.00. The molecule has 0 aliphatic carbocycles. The van der Waals surface area contributed by atoms with Crippen molar-refractivity contribution in [2.24, 2.45) is 0 Å². The van der Waals surface area contributed by atoms with Gasteiger partial charge in [0.15, 0.2) is 11.5 Å². The highest BCUT2D eigenvalue weighted by Crippen LogP contribution is 2.38. The van der Waals surface area contributed by atoms with Crippen molar-refractivity contribution in [1.82, 2.24) is 4.90 Å². The second-order valence-electron chi connectivity index (χ2n) is 7.97. The summed E-state index contributed by atoms with van der Waals surface area (Å²) in [5.41, 5.74) is -0.392. The molecule has 34 heavy (non-hydrogen) atoms. The van der Waals surface area contributed by atoms with Crippen molar-refractivity contribution in [3.63, 3.8) is 0 Å². The number of rotatable bonds is 15. The number of carbonyl (C=O) groups is 2. The van der Waals surface area contributed by atoms with E-state index < -0.39 is 17.7 Å². The van der Waals surface area contributed by atoms with Crippen LogP contribution in [0, 0.1) is 0 Å². The molecule has 0 radical (unpaired) electrons. The van der Waals surface area contributed by atoms with Gasteiger partial charge in [0.05, 0.1) is 59.9 Å². The van der Waals surface area contributed by atoms with E-state index in [1.54, 1.807) is 20.8 Å². The molecule has 0 aliphatic heterocycles. The number of amides is 1. The molecule has 0 saturated carbocycles. The van der Waals surface area contributed by atoms with Crippen LogP contribution in [-0.2, 0) is 18.9 Å². The summed E-state index contributed by atoms with van der Waals surface area (Å²) >= 11 is 0. The molecule has 0 aromatic heterocycles. The lowest BCUT2D eigenvalue weighted by molar-refractivity contribution is 0.00361. The van der Waals surface area contributed by atoms with Crippen LogP contribution in [0.3, 0.4) is 0 Å². The van der Waals surface area contributed by atoms with Gasteiger partial charge in [0.25, 0.3) is 0 Å². The first-order valence-corrected chi connectivity index (χ1v) is 10.9. The molecule has 1 amide bonds. The van der Waals surface area contributed by atoms with E-state index in [4.69, 9.17) is 38.3 Å². The van der Waals surface area contributed by atoms with Crippen molar-refractivity contribution in [1.29, 1.82) is 0 Å². The van der Waals surface area contributed by atoms with Gasteiger partial charge in [-0.3, -0.25) is 0 Å². The smallest absolute Gasteiger partial charge is 0.410 e. The van der Waals surface area contributed by atoms with Crippen LogP contribution in [0.25, 0.3) is 0 Å². The fourth-order valence-corrected chi connectivity index (χ4v) is 2.71. The molecule has 11 heteroatoms. The van der Waals surface area contributed by atoms with E-state index in [1.165, 1.54) is 38.4 Å². The van der Waals surface area contributed by atoms with Crippen molar-refractivity contribution in [2.45, 2.75) is 26.4 Å². The third-order valence-electron chi connectivity index (χ3n) is 4.26. The highest BCUT2D eigenvalue weighted by molar-refractivity contribution is 5.91. The number of nitrogens with zero attached hydrogens (tertiary/aromatic N) is 1. The third-order valence-corrected chi connectivity index (χ3v) is 4.26. The van der Waals surface area contributed by atoms with E-state index in [0.29, 0.717) is 17.2 Å². The normalized spacial score (nSPS) is 11.0. The van der Waals surface area contributed by atoms with Gasteiger partial charge in [0.2, 0.25) is 5.75 Å². The SMILES string of the molecule is COc1cc(C(=O)OCCOCCN(CCOCCO)C(=O)OC(C)(C)C)cc(OC)c1OC. The number of aliphatic hydroxyl groups is 1. The zero-order chi connectivity index (χ0) is 25.6. The summed E-state index contributed by atoms with van der Waals surface area (Å²) in [6.07, 6.45) is -0.488. The Morgan fingerprint density at radius 3 is 1.88 bits per heavy atom. The first-order chi connectivity index (χ1) is 16.2. The van der Waals surface area contributed by atoms with Crippen LogP contribution in [0.5, 0.6) is 17.2 Å². The van der Waals surface area contributed by atoms with Crippen molar-refractivity contribution in [3.05, 3.63) is 17.7 Å². The van der Waals surface area contributed by atoms with E-state index in [2.05, 4.69) is 0 Å². The molecular formula is C23H37NO10. The lowest BCUT2D eigenvalue weighted by Gasteiger charge is -2.27. The molecule has 0 bridgehead atoms. The van der Waals surface area contributed by atoms with Crippen LogP contribution in [0.1, 0.15) is 31.1 Å². The molecule has 0 fully saturated rings. The van der Waals surface area contributed by atoms with Gasteiger partial charge in [0.1, 0.15) is 12.2 Å². The molecule has 0 spiro atoms. The molecule has 1 N–H and O–H groups in total. The van der Waals surface area contributed by atoms with E-state index in [1.807, 2.05) is 0 Å². The molecule has 0 heterocycles. The third kappa shape index (κ3) is 10.4. The molecule has 11 nitrogen and oxygen atoms in total. The minimum atomic E-state index is -0.636. The average molecular weight is 488 g/mol. The van der Waals surface area contributed by atoms with Crippen LogP contribution < -0.4 is 14.2 Å². The van der Waals surface area contributed by atoms with E-state index in [9.17, 15) is 9.59 Å². The second kappa shape index (κ2) is 15.2. The molecule has 194 valence electrons. The van der Waals surface area contributed by atoms with Gasteiger partial charge in [-0.05, 0) is 32.9 Å². The van der Waals surface area contributed by atoms with Gasteiger partial charge in [-0.2, -0.15) is 0 Å². The number of methoxy groups -OCH3 is 3. The number of benzene rings is 1. The molecule has 0 saturated heterocycles. The number of hydrogen-bond donors (Lipinski definition) is 1. The number of carbonyl (C=O) groups excluding carboxylic acids is 2. The first-order valence-electron chi connectivity index (χ1n) is 10.9. The molecule has 1 rings (SSSR count). The van der Waals surface area contributed by atoms with Gasteiger partial charge in [-0.15, -0.1) is 0 Å². The Hall–Kier alpha value is -2.76. The van der Waals surface area contributed by atoms with Gasteiger partial charge in [-0.25, -0.2) is 9.59 Å². The Bertz CT molecular complexity index is 738. The number of aliphatic hydroxyl groups excluding tert-OH is 1. The Balaban J connectivity index is 2.51. The maximum atomic E-state index is 12.4. The minimum Gasteiger partial charge on any atom is -0.493 e. The fraction of sp³-hybridized carbons (Fsp3) is 0.652. The van der Waals surface area contributed by atoms with Crippen molar-refractivity contribution in [3.8, 4) is 17.2 Å². The fourth-order valence-electron chi connectivity index (χ4n) is 2.71. The summed E-state index contributed by atoms with van der Waals surface area (Å²) in [5, 5.41) is 8.80. The van der Waals surface area contributed by atoms with Gasteiger partial charge < -0.3 is 43.2 Å². The van der Waals surface area contributed by atoms with Gasteiger partial charge >= 0.3 is 12.1 Å². The Morgan fingerprint density at radius 1 is 0.853 bits per heavy atom. The van der Waals surface area contributed by atoms with Crippen LogP contribution in [0.2, 0.25) is 0 Å². The van der Waals surface area contributed by atoms with Crippen LogP contribution >= 0.6 is 0 Å². The van der Waals surface area contributed by atoms with Crippen molar-refractivity contribution >= 4 is 12.1 Å². The predicted octanol–water partition coefficient (Wildman–Crippen LogP) is 2.13. The predicted molar refractivity (Wildman–Crippen MR) is 123 cm³/mol. The molecule has 0 unspecified atom stereocenters. The standard InChI is InChI=1S/C23H37NO10/c1-23(2,3)34-22(27)24(7-10-31-12-9-25)8-11-32-13-14-33-21(26)17-15-18(28-4)20(30-6)19(16-17)29-5/h15-16,25H,7-14H2,1-6H3. The maximum Gasteiger partial charge on any atom is 0.410 e. The monoisotopic (exact) mass is 487 g/mol. The second-order valence-corrected chi connectivity index (χ2v) is 7.97. The molecular weight excluding hydrogens is 450 g/mol. The zero-order valence-corrected chi connectivity index (χ0v) is 20.9. The molecule has 0 atom stereocenters.